The third-order valence-electron chi connectivity index (χ3n) is 5.32. The van der Waals surface area contributed by atoms with Gasteiger partial charge in [-0.05, 0) is 57.3 Å². The summed E-state index contributed by atoms with van der Waals surface area (Å²) in [4.78, 5) is 11.8. The third kappa shape index (κ3) is 3.97. The van der Waals surface area contributed by atoms with E-state index in [1.807, 2.05) is 6.92 Å². The lowest BCUT2D eigenvalue weighted by Gasteiger charge is -2.39. The lowest BCUT2D eigenvalue weighted by Crippen LogP contribution is -2.49. The van der Waals surface area contributed by atoms with Gasteiger partial charge in [0.2, 0.25) is 0 Å². The van der Waals surface area contributed by atoms with Crippen LogP contribution in [-0.4, -0.2) is 24.7 Å². The van der Waals surface area contributed by atoms with Gasteiger partial charge in [-0.2, -0.15) is 0 Å². The van der Waals surface area contributed by atoms with Crippen LogP contribution in [0.2, 0.25) is 0 Å². The largest absolute Gasteiger partial charge is 0.466 e. The number of nitrogens with one attached hydrogen (secondary N) is 1. The van der Waals surface area contributed by atoms with Gasteiger partial charge in [0.05, 0.1) is 12.5 Å². The molecule has 20 heavy (non-hydrogen) atoms. The molecule has 2 atom stereocenters. The molecule has 3 heteroatoms. The fourth-order valence-electron chi connectivity index (χ4n) is 4.04. The van der Waals surface area contributed by atoms with E-state index in [1.165, 1.54) is 19.3 Å². The molecule has 2 aliphatic rings. The Morgan fingerprint density at radius 1 is 1.05 bits per heavy atom. The predicted octanol–water partition coefficient (Wildman–Crippen LogP) is 3.52. The van der Waals surface area contributed by atoms with Gasteiger partial charge >= 0.3 is 5.97 Å². The van der Waals surface area contributed by atoms with E-state index in [0.29, 0.717) is 18.7 Å². The molecule has 0 aromatic heterocycles. The maximum absolute atomic E-state index is 11.8. The van der Waals surface area contributed by atoms with E-state index in [9.17, 15) is 4.79 Å². The van der Waals surface area contributed by atoms with Crippen LogP contribution in [0.1, 0.15) is 65.7 Å². The molecule has 0 amide bonds. The first-order chi connectivity index (χ1) is 9.61. The Hall–Kier alpha value is -0.570. The van der Waals surface area contributed by atoms with Crippen molar-refractivity contribution in [3.8, 4) is 0 Å². The summed E-state index contributed by atoms with van der Waals surface area (Å²) >= 11 is 0. The van der Waals surface area contributed by atoms with E-state index in [4.69, 9.17) is 4.74 Å². The molecule has 3 nitrogen and oxygen atoms in total. The maximum Gasteiger partial charge on any atom is 0.308 e. The lowest BCUT2D eigenvalue weighted by atomic mass is 9.77. The normalized spacial score (nSPS) is 38.5. The molecular formula is C17H31NO2. The van der Waals surface area contributed by atoms with Crippen molar-refractivity contribution in [1.82, 2.24) is 5.32 Å². The molecule has 0 saturated heterocycles. The smallest absolute Gasteiger partial charge is 0.308 e. The Balaban J connectivity index is 1.77. The average Bonchev–Trinajstić information content (AvgIpc) is 2.44. The highest BCUT2D eigenvalue weighted by molar-refractivity contribution is 5.72. The van der Waals surface area contributed by atoms with Crippen LogP contribution < -0.4 is 5.32 Å². The summed E-state index contributed by atoms with van der Waals surface area (Å²) in [5, 5.41) is 3.90. The summed E-state index contributed by atoms with van der Waals surface area (Å²) in [6.45, 7) is 7.17. The summed E-state index contributed by atoms with van der Waals surface area (Å²) in [6, 6.07) is 1.28. The molecule has 0 aromatic rings. The number of hydrogen-bond acceptors (Lipinski definition) is 3. The minimum Gasteiger partial charge on any atom is -0.466 e. The van der Waals surface area contributed by atoms with Crippen molar-refractivity contribution in [2.24, 2.45) is 17.8 Å². The molecule has 0 heterocycles. The van der Waals surface area contributed by atoms with Crippen LogP contribution in [0.15, 0.2) is 0 Å². The second-order valence-electron chi connectivity index (χ2n) is 6.88. The first-order valence-corrected chi connectivity index (χ1v) is 8.54. The molecule has 2 rings (SSSR count). The second-order valence-corrected chi connectivity index (χ2v) is 6.88. The topological polar surface area (TPSA) is 38.3 Å². The minimum absolute atomic E-state index is 0.0188. The Morgan fingerprint density at radius 2 is 1.65 bits per heavy atom. The Bertz CT molecular complexity index is 300. The monoisotopic (exact) mass is 281 g/mol. The molecule has 0 aliphatic heterocycles. The zero-order valence-corrected chi connectivity index (χ0v) is 13.4. The molecule has 2 fully saturated rings. The minimum atomic E-state index is 0.0188. The van der Waals surface area contributed by atoms with Crippen molar-refractivity contribution in [1.29, 1.82) is 0 Å². The molecule has 0 bridgehead atoms. The fraction of sp³-hybridized carbons (Fsp3) is 0.941. The van der Waals surface area contributed by atoms with Gasteiger partial charge in [-0.3, -0.25) is 4.79 Å². The summed E-state index contributed by atoms with van der Waals surface area (Å²) in [5.74, 6) is 1.75. The van der Waals surface area contributed by atoms with Crippen LogP contribution in [0.5, 0.6) is 0 Å². The predicted molar refractivity (Wildman–Crippen MR) is 81.5 cm³/mol. The first kappa shape index (κ1) is 15.8. The van der Waals surface area contributed by atoms with Crippen molar-refractivity contribution in [2.45, 2.75) is 77.8 Å². The van der Waals surface area contributed by atoms with Crippen molar-refractivity contribution < 1.29 is 9.53 Å². The summed E-state index contributed by atoms with van der Waals surface area (Å²) in [6.07, 6.45) is 8.34. The van der Waals surface area contributed by atoms with Gasteiger partial charge < -0.3 is 10.1 Å². The zero-order valence-electron chi connectivity index (χ0n) is 13.4. The lowest BCUT2D eigenvalue weighted by molar-refractivity contribution is -0.149. The van der Waals surface area contributed by atoms with Gasteiger partial charge in [0, 0.05) is 12.1 Å². The van der Waals surface area contributed by atoms with Gasteiger partial charge in [0.15, 0.2) is 0 Å². The molecule has 1 N–H and O–H groups in total. The van der Waals surface area contributed by atoms with Crippen molar-refractivity contribution in [3.63, 3.8) is 0 Å². The maximum atomic E-state index is 11.8. The number of ether oxygens (including phenoxy) is 1. The standard InChI is InChI=1S/C17H31NO2/c1-4-20-17(19)14-8-10-15(11-9-14)18-16-12(2)6-5-7-13(16)3/h12-16,18H,4-11H2,1-3H3. The molecule has 2 aliphatic carbocycles. The van der Waals surface area contributed by atoms with Crippen molar-refractivity contribution in [2.75, 3.05) is 6.61 Å². The number of hydrogen-bond donors (Lipinski definition) is 1. The van der Waals surface area contributed by atoms with Crippen molar-refractivity contribution >= 4 is 5.97 Å². The molecular weight excluding hydrogens is 250 g/mol. The van der Waals surface area contributed by atoms with Crippen LogP contribution in [0, 0.1) is 17.8 Å². The van der Waals surface area contributed by atoms with Crippen LogP contribution >= 0.6 is 0 Å². The Kier molecular flexibility index (Phi) is 5.88. The number of esters is 1. The summed E-state index contributed by atoms with van der Waals surface area (Å²) in [5.41, 5.74) is 0. The van der Waals surface area contributed by atoms with Gasteiger partial charge in [0.1, 0.15) is 0 Å². The van der Waals surface area contributed by atoms with Crippen LogP contribution in [0.25, 0.3) is 0 Å². The van der Waals surface area contributed by atoms with Gasteiger partial charge in [-0.15, -0.1) is 0 Å². The van der Waals surface area contributed by atoms with E-state index in [2.05, 4.69) is 19.2 Å². The van der Waals surface area contributed by atoms with Crippen LogP contribution in [0.4, 0.5) is 0 Å². The van der Waals surface area contributed by atoms with E-state index in [1.54, 1.807) is 0 Å². The average molecular weight is 281 g/mol. The molecule has 0 spiro atoms. The zero-order chi connectivity index (χ0) is 14.5. The highest BCUT2D eigenvalue weighted by atomic mass is 16.5. The Morgan fingerprint density at radius 3 is 2.20 bits per heavy atom. The summed E-state index contributed by atoms with van der Waals surface area (Å²) in [7, 11) is 0. The van der Waals surface area contributed by atoms with E-state index >= 15 is 0 Å². The van der Waals surface area contributed by atoms with Crippen molar-refractivity contribution in [3.05, 3.63) is 0 Å². The Labute approximate surface area is 123 Å². The van der Waals surface area contributed by atoms with E-state index in [-0.39, 0.29) is 11.9 Å². The quantitative estimate of drug-likeness (QED) is 0.801. The van der Waals surface area contributed by atoms with Gasteiger partial charge in [-0.25, -0.2) is 0 Å². The van der Waals surface area contributed by atoms with Crippen LogP contribution in [0.3, 0.4) is 0 Å². The SMILES string of the molecule is CCOC(=O)C1CCC(NC2C(C)CCCC2C)CC1. The van der Waals surface area contributed by atoms with E-state index < -0.39 is 0 Å². The second kappa shape index (κ2) is 7.44. The number of carbonyl (C=O) groups is 1. The van der Waals surface area contributed by atoms with E-state index in [0.717, 1.165) is 37.5 Å². The number of carbonyl (C=O) groups excluding carboxylic acids is 1. The highest BCUT2D eigenvalue weighted by Crippen LogP contribution is 2.32. The van der Waals surface area contributed by atoms with Gasteiger partial charge in [0.25, 0.3) is 0 Å². The van der Waals surface area contributed by atoms with Crippen LogP contribution in [-0.2, 0) is 9.53 Å². The highest BCUT2D eigenvalue weighted by Gasteiger charge is 2.32. The fourth-order valence-corrected chi connectivity index (χ4v) is 4.04. The molecule has 116 valence electrons. The molecule has 0 radical (unpaired) electrons. The first-order valence-electron chi connectivity index (χ1n) is 8.54. The van der Waals surface area contributed by atoms with Gasteiger partial charge in [-0.1, -0.05) is 20.3 Å². The molecule has 2 saturated carbocycles. The summed E-state index contributed by atoms with van der Waals surface area (Å²) < 4.78 is 5.14. The third-order valence-corrected chi connectivity index (χ3v) is 5.32. The number of rotatable bonds is 4. The molecule has 2 unspecified atom stereocenters. The molecule has 0 aromatic carbocycles.